The lowest BCUT2D eigenvalue weighted by Gasteiger charge is -2.19. The Balaban J connectivity index is 1.31. The van der Waals surface area contributed by atoms with Crippen LogP contribution in [0.25, 0.3) is 10.9 Å². The molecule has 0 saturated carbocycles. The van der Waals surface area contributed by atoms with Gasteiger partial charge in [0.05, 0.1) is 18.2 Å². The molecule has 1 heterocycles. The number of aromatic amines is 1. The van der Waals surface area contributed by atoms with Gasteiger partial charge in [0.25, 0.3) is 5.91 Å². The first kappa shape index (κ1) is 23.2. The summed E-state index contributed by atoms with van der Waals surface area (Å²) >= 11 is 0. The molecule has 0 saturated heterocycles. The van der Waals surface area contributed by atoms with E-state index >= 15 is 0 Å². The molecule has 0 aliphatic carbocycles. The maximum atomic E-state index is 12.3. The zero-order valence-corrected chi connectivity index (χ0v) is 18.6. The van der Waals surface area contributed by atoms with E-state index in [1.807, 2.05) is 42.5 Å². The standard InChI is InChI=1S/C27H27N3O4/c31-17-23(21-12-14-24(32)26-22(21)13-15-25(33)30-26)28-16-4-5-18-8-10-20(11-9-18)29-27(34)19-6-2-1-3-7-19/h1-3,6-15,23,28,31-32H,4-5,16-17H2,(H,29,34)(H,30,33). The smallest absolute Gasteiger partial charge is 0.255 e. The molecule has 7 heteroatoms. The minimum atomic E-state index is -0.329. The zero-order valence-electron chi connectivity index (χ0n) is 18.6. The van der Waals surface area contributed by atoms with Gasteiger partial charge >= 0.3 is 0 Å². The monoisotopic (exact) mass is 457 g/mol. The Morgan fingerprint density at radius 3 is 2.44 bits per heavy atom. The van der Waals surface area contributed by atoms with Gasteiger partial charge in [-0.2, -0.15) is 0 Å². The topological polar surface area (TPSA) is 114 Å². The molecule has 1 amide bonds. The normalized spacial score (nSPS) is 11.9. The van der Waals surface area contributed by atoms with Crippen molar-refractivity contribution in [1.82, 2.24) is 10.3 Å². The molecule has 7 nitrogen and oxygen atoms in total. The molecule has 4 rings (SSSR count). The van der Waals surface area contributed by atoms with Crippen molar-refractivity contribution in [3.8, 4) is 5.75 Å². The molecule has 0 aliphatic heterocycles. The number of hydrogen-bond acceptors (Lipinski definition) is 5. The number of anilines is 1. The Morgan fingerprint density at radius 2 is 1.71 bits per heavy atom. The number of phenols is 1. The minimum absolute atomic E-state index is 0.00320. The number of H-pyrrole nitrogens is 1. The van der Waals surface area contributed by atoms with Crippen molar-refractivity contribution < 1.29 is 15.0 Å². The second-order valence-electron chi connectivity index (χ2n) is 8.10. The Labute approximate surface area is 197 Å². The van der Waals surface area contributed by atoms with E-state index in [-0.39, 0.29) is 29.9 Å². The predicted octanol–water partition coefficient (Wildman–Crippen LogP) is 3.74. The summed E-state index contributed by atoms with van der Waals surface area (Å²) in [5.41, 5.74) is 3.39. The molecule has 1 atom stereocenters. The average Bonchev–Trinajstić information content (AvgIpc) is 2.86. The number of carbonyl (C=O) groups excluding carboxylic acids is 1. The quantitative estimate of drug-likeness (QED) is 0.246. The number of carbonyl (C=O) groups is 1. The SMILES string of the molecule is O=C(Nc1ccc(CCCNC(CO)c2ccc(O)c3[nH]c(=O)ccc23)cc1)c1ccccc1. The lowest BCUT2D eigenvalue weighted by Crippen LogP contribution is -2.26. The number of pyridine rings is 1. The average molecular weight is 458 g/mol. The van der Waals surface area contributed by atoms with Crippen LogP contribution in [-0.2, 0) is 6.42 Å². The number of aliphatic hydroxyl groups is 1. The Bertz CT molecular complexity index is 1320. The third kappa shape index (κ3) is 5.51. The first-order valence-corrected chi connectivity index (χ1v) is 11.2. The van der Waals surface area contributed by atoms with Crippen LogP contribution in [0.1, 0.15) is 33.9 Å². The highest BCUT2D eigenvalue weighted by atomic mass is 16.3. The number of hydrogen-bond donors (Lipinski definition) is 5. The predicted molar refractivity (Wildman–Crippen MR) is 133 cm³/mol. The fourth-order valence-electron chi connectivity index (χ4n) is 3.95. The first-order chi connectivity index (χ1) is 16.5. The van der Waals surface area contributed by atoms with Crippen molar-refractivity contribution in [2.75, 3.05) is 18.5 Å². The van der Waals surface area contributed by atoms with Crippen molar-refractivity contribution >= 4 is 22.5 Å². The fourth-order valence-corrected chi connectivity index (χ4v) is 3.95. The summed E-state index contributed by atoms with van der Waals surface area (Å²) < 4.78 is 0. The van der Waals surface area contributed by atoms with E-state index < -0.39 is 0 Å². The number of aliphatic hydroxyl groups excluding tert-OH is 1. The molecule has 4 aromatic rings. The maximum Gasteiger partial charge on any atom is 0.255 e. The summed E-state index contributed by atoms with van der Waals surface area (Å²) in [5.74, 6) is -0.144. The second kappa shape index (κ2) is 10.8. The largest absolute Gasteiger partial charge is 0.506 e. The molecule has 34 heavy (non-hydrogen) atoms. The number of aryl methyl sites for hydroxylation is 1. The van der Waals surface area contributed by atoms with Crippen molar-refractivity contribution in [3.63, 3.8) is 0 Å². The lowest BCUT2D eigenvalue weighted by molar-refractivity contribution is 0.102. The third-order valence-electron chi connectivity index (χ3n) is 5.75. The number of amides is 1. The van der Waals surface area contributed by atoms with Gasteiger partial charge in [-0.05, 0) is 66.9 Å². The Hall–Kier alpha value is -3.94. The van der Waals surface area contributed by atoms with Crippen molar-refractivity contribution in [3.05, 3.63) is 106 Å². The Kier molecular flexibility index (Phi) is 7.37. The molecule has 5 N–H and O–H groups in total. The summed E-state index contributed by atoms with van der Waals surface area (Å²) in [5, 5.41) is 26.9. The number of benzene rings is 3. The van der Waals surface area contributed by atoms with Gasteiger partial charge in [0, 0.05) is 22.7 Å². The molecule has 3 aromatic carbocycles. The highest BCUT2D eigenvalue weighted by molar-refractivity contribution is 6.04. The van der Waals surface area contributed by atoms with Gasteiger partial charge < -0.3 is 25.8 Å². The molecule has 0 spiro atoms. The first-order valence-electron chi connectivity index (χ1n) is 11.2. The van der Waals surface area contributed by atoms with E-state index in [0.29, 0.717) is 23.0 Å². The molecule has 0 bridgehead atoms. The third-order valence-corrected chi connectivity index (χ3v) is 5.75. The number of nitrogens with one attached hydrogen (secondary N) is 3. The van der Waals surface area contributed by atoms with Gasteiger partial charge in [0.15, 0.2) is 0 Å². The molecule has 0 aliphatic rings. The summed E-state index contributed by atoms with van der Waals surface area (Å²) in [6.45, 7) is 0.554. The molecular formula is C27H27N3O4. The van der Waals surface area contributed by atoms with Crippen LogP contribution in [0.4, 0.5) is 5.69 Å². The molecule has 1 aromatic heterocycles. The van der Waals surface area contributed by atoms with E-state index in [0.717, 1.165) is 29.7 Å². The second-order valence-corrected chi connectivity index (χ2v) is 8.10. The van der Waals surface area contributed by atoms with E-state index in [1.165, 1.54) is 12.1 Å². The van der Waals surface area contributed by atoms with Crippen molar-refractivity contribution in [1.29, 1.82) is 0 Å². The number of fused-ring (bicyclic) bond motifs is 1. The number of phenolic OH excluding ortho intramolecular Hbond substituents is 1. The summed E-state index contributed by atoms with van der Waals surface area (Å²) in [6, 6.07) is 22.9. The number of aromatic hydroxyl groups is 1. The van der Waals surface area contributed by atoms with Gasteiger partial charge in [-0.1, -0.05) is 36.4 Å². The number of rotatable bonds is 9. The van der Waals surface area contributed by atoms with E-state index in [2.05, 4.69) is 15.6 Å². The maximum absolute atomic E-state index is 12.3. The summed E-state index contributed by atoms with van der Waals surface area (Å²) in [6.07, 6.45) is 1.68. The number of aromatic nitrogens is 1. The fraction of sp³-hybridized carbons (Fsp3) is 0.185. The zero-order chi connectivity index (χ0) is 23.9. The van der Waals surface area contributed by atoms with Crippen LogP contribution in [-0.4, -0.2) is 34.3 Å². The van der Waals surface area contributed by atoms with Gasteiger partial charge in [-0.15, -0.1) is 0 Å². The summed E-state index contributed by atoms with van der Waals surface area (Å²) in [4.78, 5) is 26.5. The van der Waals surface area contributed by atoms with Crippen LogP contribution in [0.5, 0.6) is 5.75 Å². The van der Waals surface area contributed by atoms with Gasteiger partial charge in [0.1, 0.15) is 5.75 Å². The highest BCUT2D eigenvalue weighted by Crippen LogP contribution is 2.28. The van der Waals surface area contributed by atoms with Gasteiger partial charge in [-0.3, -0.25) is 9.59 Å². The van der Waals surface area contributed by atoms with Crippen LogP contribution >= 0.6 is 0 Å². The van der Waals surface area contributed by atoms with Crippen LogP contribution in [0.3, 0.4) is 0 Å². The van der Waals surface area contributed by atoms with Gasteiger partial charge in [0.2, 0.25) is 5.56 Å². The van der Waals surface area contributed by atoms with Crippen LogP contribution < -0.4 is 16.2 Å². The molecule has 174 valence electrons. The van der Waals surface area contributed by atoms with E-state index in [4.69, 9.17) is 0 Å². The highest BCUT2D eigenvalue weighted by Gasteiger charge is 2.15. The van der Waals surface area contributed by atoms with Crippen LogP contribution in [0.2, 0.25) is 0 Å². The molecular weight excluding hydrogens is 430 g/mol. The Morgan fingerprint density at radius 1 is 0.941 bits per heavy atom. The van der Waals surface area contributed by atoms with Crippen LogP contribution in [0.15, 0.2) is 83.7 Å². The van der Waals surface area contributed by atoms with Crippen molar-refractivity contribution in [2.45, 2.75) is 18.9 Å². The molecule has 0 radical (unpaired) electrons. The lowest BCUT2D eigenvalue weighted by atomic mass is 10.0. The van der Waals surface area contributed by atoms with E-state index in [1.54, 1.807) is 24.3 Å². The molecule has 0 fully saturated rings. The van der Waals surface area contributed by atoms with Gasteiger partial charge in [-0.25, -0.2) is 0 Å². The van der Waals surface area contributed by atoms with Crippen LogP contribution in [0, 0.1) is 0 Å². The summed E-state index contributed by atoms with van der Waals surface area (Å²) in [7, 11) is 0. The van der Waals surface area contributed by atoms with Crippen molar-refractivity contribution in [2.24, 2.45) is 0 Å². The minimum Gasteiger partial charge on any atom is -0.506 e. The molecule has 1 unspecified atom stereocenters. The van der Waals surface area contributed by atoms with E-state index in [9.17, 15) is 19.8 Å².